The zero-order valence-corrected chi connectivity index (χ0v) is 9.92. The summed E-state index contributed by atoms with van der Waals surface area (Å²) < 4.78 is 5.73. The van der Waals surface area contributed by atoms with E-state index in [0.717, 1.165) is 23.6 Å². The van der Waals surface area contributed by atoms with Crippen LogP contribution in [0.25, 0.3) is 0 Å². The summed E-state index contributed by atoms with van der Waals surface area (Å²) in [6.07, 6.45) is 2.34. The van der Waals surface area contributed by atoms with E-state index in [-0.39, 0.29) is 0 Å². The minimum Gasteiger partial charge on any atom is -0.493 e. The van der Waals surface area contributed by atoms with Crippen LogP contribution in [0.15, 0.2) is 18.2 Å². The third-order valence-corrected chi connectivity index (χ3v) is 2.88. The largest absolute Gasteiger partial charge is 0.493 e. The lowest BCUT2D eigenvalue weighted by molar-refractivity contribution is 0.240. The van der Waals surface area contributed by atoms with E-state index in [1.165, 1.54) is 12.8 Å². The summed E-state index contributed by atoms with van der Waals surface area (Å²) in [5.74, 6) is 1.58. The van der Waals surface area contributed by atoms with Crippen molar-refractivity contribution in [3.63, 3.8) is 0 Å². The van der Waals surface area contributed by atoms with Crippen molar-refractivity contribution in [1.29, 1.82) is 0 Å². The Morgan fingerprint density at radius 2 is 1.93 bits per heavy atom. The first-order chi connectivity index (χ1) is 7.17. The van der Waals surface area contributed by atoms with Crippen LogP contribution < -0.4 is 10.5 Å². The molecule has 2 nitrogen and oxygen atoms in total. The van der Waals surface area contributed by atoms with Gasteiger partial charge in [-0.25, -0.2) is 0 Å². The Balaban J connectivity index is 2.54. The number of hydrogen-bond donors (Lipinski definition) is 1. The molecular formula is C13H21NO. The van der Waals surface area contributed by atoms with Crippen LogP contribution in [-0.2, 0) is 0 Å². The lowest BCUT2D eigenvalue weighted by Crippen LogP contribution is -2.10. The van der Waals surface area contributed by atoms with Crippen LogP contribution in [0.5, 0.6) is 5.75 Å². The summed E-state index contributed by atoms with van der Waals surface area (Å²) in [6.45, 7) is 7.20. The Morgan fingerprint density at radius 3 is 2.47 bits per heavy atom. The van der Waals surface area contributed by atoms with Crippen LogP contribution in [-0.4, -0.2) is 6.61 Å². The number of ether oxygens (including phenoxy) is 1. The number of nitrogens with two attached hydrogens (primary N) is 1. The topological polar surface area (TPSA) is 35.2 Å². The predicted molar refractivity (Wildman–Crippen MR) is 65.2 cm³/mol. The van der Waals surface area contributed by atoms with E-state index >= 15 is 0 Å². The normalized spacial score (nSPS) is 10.7. The zero-order valence-electron chi connectivity index (χ0n) is 9.92. The van der Waals surface area contributed by atoms with Gasteiger partial charge in [0.05, 0.1) is 6.61 Å². The van der Waals surface area contributed by atoms with Gasteiger partial charge in [-0.1, -0.05) is 26.7 Å². The van der Waals surface area contributed by atoms with E-state index < -0.39 is 0 Å². The molecule has 0 aliphatic rings. The van der Waals surface area contributed by atoms with Gasteiger partial charge in [-0.2, -0.15) is 0 Å². The first kappa shape index (κ1) is 11.9. The molecule has 1 aromatic carbocycles. The third-order valence-electron chi connectivity index (χ3n) is 2.88. The summed E-state index contributed by atoms with van der Waals surface area (Å²) in [5.41, 5.74) is 7.65. The van der Waals surface area contributed by atoms with Crippen molar-refractivity contribution in [2.75, 3.05) is 12.3 Å². The van der Waals surface area contributed by atoms with Crippen molar-refractivity contribution < 1.29 is 4.74 Å². The number of hydrogen-bond acceptors (Lipinski definition) is 2. The van der Waals surface area contributed by atoms with Gasteiger partial charge in [0.2, 0.25) is 0 Å². The number of nitrogen functional groups attached to an aromatic ring is 1. The molecule has 0 heterocycles. The fourth-order valence-corrected chi connectivity index (χ4v) is 1.48. The van der Waals surface area contributed by atoms with Crippen molar-refractivity contribution >= 4 is 5.69 Å². The summed E-state index contributed by atoms with van der Waals surface area (Å²) in [6, 6.07) is 5.83. The second kappa shape index (κ2) is 5.64. The van der Waals surface area contributed by atoms with E-state index in [0.29, 0.717) is 5.92 Å². The highest BCUT2D eigenvalue weighted by Gasteiger charge is 2.04. The fourth-order valence-electron chi connectivity index (χ4n) is 1.48. The van der Waals surface area contributed by atoms with E-state index in [1.54, 1.807) is 0 Å². The molecule has 0 atom stereocenters. The van der Waals surface area contributed by atoms with Gasteiger partial charge in [-0.3, -0.25) is 0 Å². The molecule has 0 aromatic heterocycles. The maximum atomic E-state index is 5.74. The van der Waals surface area contributed by atoms with Crippen LogP contribution in [0.4, 0.5) is 5.69 Å². The molecule has 2 heteroatoms. The standard InChI is InChI=1S/C13H21NO/c1-4-11(5-2)9-15-12-6-7-13(14)10(3)8-12/h6-8,11H,4-5,9,14H2,1-3H3. The molecule has 0 aliphatic heterocycles. The number of benzene rings is 1. The zero-order chi connectivity index (χ0) is 11.3. The molecule has 0 saturated carbocycles. The molecule has 2 N–H and O–H groups in total. The van der Waals surface area contributed by atoms with Gasteiger partial charge < -0.3 is 10.5 Å². The van der Waals surface area contributed by atoms with Crippen LogP contribution >= 0.6 is 0 Å². The molecule has 0 radical (unpaired) electrons. The first-order valence-electron chi connectivity index (χ1n) is 5.66. The SMILES string of the molecule is CCC(CC)COc1ccc(N)c(C)c1. The summed E-state index contributed by atoms with van der Waals surface area (Å²) >= 11 is 0. The molecule has 0 fully saturated rings. The Kier molecular flexibility index (Phi) is 4.47. The molecule has 0 saturated heterocycles. The Morgan fingerprint density at radius 1 is 1.27 bits per heavy atom. The lowest BCUT2D eigenvalue weighted by Gasteiger charge is -2.14. The van der Waals surface area contributed by atoms with E-state index in [9.17, 15) is 0 Å². The lowest BCUT2D eigenvalue weighted by atomic mass is 10.1. The van der Waals surface area contributed by atoms with Crippen molar-refractivity contribution in [2.24, 2.45) is 5.92 Å². The highest BCUT2D eigenvalue weighted by Crippen LogP contribution is 2.20. The molecule has 15 heavy (non-hydrogen) atoms. The van der Waals surface area contributed by atoms with E-state index in [4.69, 9.17) is 10.5 Å². The molecule has 0 unspecified atom stereocenters. The average molecular weight is 207 g/mol. The maximum absolute atomic E-state index is 5.74. The summed E-state index contributed by atoms with van der Waals surface area (Å²) in [5, 5.41) is 0. The highest BCUT2D eigenvalue weighted by molar-refractivity contribution is 5.49. The molecule has 0 amide bonds. The second-order valence-corrected chi connectivity index (χ2v) is 4.01. The maximum Gasteiger partial charge on any atom is 0.119 e. The molecule has 1 rings (SSSR count). The van der Waals surface area contributed by atoms with Crippen LogP contribution in [0.3, 0.4) is 0 Å². The smallest absolute Gasteiger partial charge is 0.119 e. The van der Waals surface area contributed by atoms with Crippen molar-refractivity contribution in [3.05, 3.63) is 23.8 Å². The van der Waals surface area contributed by atoms with Gasteiger partial charge in [-0.15, -0.1) is 0 Å². The van der Waals surface area contributed by atoms with Gasteiger partial charge >= 0.3 is 0 Å². The molecule has 1 aromatic rings. The minimum absolute atomic E-state index is 0.655. The average Bonchev–Trinajstić information content (AvgIpc) is 2.24. The third kappa shape index (κ3) is 3.46. The van der Waals surface area contributed by atoms with Gasteiger partial charge in [-0.05, 0) is 36.6 Å². The van der Waals surface area contributed by atoms with E-state index in [2.05, 4.69) is 13.8 Å². The van der Waals surface area contributed by atoms with Gasteiger partial charge in [0.25, 0.3) is 0 Å². The Labute approximate surface area is 92.4 Å². The molecule has 0 spiro atoms. The number of aryl methyl sites for hydroxylation is 1. The Hall–Kier alpha value is -1.18. The molecular weight excluding hydrogens is 186 g/mol. The summed E-state index contributed by atoms with van der Waals surface area (Å²) in [4.78, 5) is 0. The number of rotatable bonds is 5. The van der Waals surface area contributed by atoms with Crippen molar-refractivity contribution in [2.45, 2.75) is 33.6 Å². The van der Waals surface area contributed by atoms with Gasteiger partial charge in [0.15, 0.2) is 0 Å². The summed E-state index contributed by atoms with van der Waals surface area (Å²) in [7, 11) is 0. The molecule has 84 valence electrons. The van der Waals surface area contributed by atoms with Crippen molar-refractivity contribution in [1.82, 2.24) is 0 Å². The van der Waals surface area contributed by atoms with Crippen molar-refractivity contribution in [3.8, 4) is 5.75 Å². The van der Waals surface area contributed by atoms with Crippen LogP contribution in [0.1, 0.15) is 32.3 Å². The first-order valence-corrected chi connectivity index (χ1v) is 5.66. The van der Waals surface area contributed by atoms with Gasteiger partial charge in [0, 0.05) is 5.69 Å². The Bertz CT molecular complexity index is 305. The predicted octanol–water partition coefficient (Wildman–Crippen LogP) is 3.39. The van der Waals surface area contributed by atoms with Gasteiger partial charge in [0.1, 0.15) is 5.75 Å². The second-order valence-electron chi connectivity index (χ2n) is 4.01. The van der Waals surface area contributed by atoms with Crippen LogP contribution in [0, 0.1) is 12.8 Å². The highest BCUT2D eigenvalue weighted by atomic mass is 16.5. The molecule has 0 bridgehead atoms. The van der Waals surface area contributed by atoms with E-state index in [1.807, 2.05) is 25.1 Å². The van der Waals surface area contributed by atoms with Crippen LogP contribution in [0.2, 0.25) is 0 Å². The quantitative estimate of drug-likeness (QED) is 0.751. The monoisotopic (exact) mass is 207 g/mol. The fraction of sp³-hybridized carbons (Fsp3) is 0.538. The molecule has 0 aliphatic carbocycles. The number of anilines is 1. The minimum atomic E-state index is 0.655.